The first-order chi connectivity index (χ1) is 13.3. The van der Waals surface area contributed by atoms with Gasteiger partial charge in [0.2, 0.25) is 0 Å². The van der Waals surface area contributed by atoms with Crippen LogP contribution in [0.2, 0.25) is 0 Å². The summed E-state index contributed by atoms with van der Waals surface area (Å²) in [6.45, 7) is 0.258. The fourth-order valence-corrected chi connectivity index (χ4v) is 3.86. The van der Waals surface area contributed by atoms with Crippen LogP contribution < -0.4 is 0 Å². The van der Waals surface area contributed by atoms with Gasteiger partial charge in [0.25, 0.3) is 5.91 Å². The smallest absolute Gasteiger partial charge is 0.335 e. The van der Waals surface area contributed by atoms with E-state index in [1.165, 1.54) is 17.0 Å². The molecule has 2 heterocycles. The number of hydrogen-bond donors (Lipinski definition) is 2. The average Bonchev–Trinajstić information content (AvgIpc) is 3.22. The van der Waals surface area contributed by atoms with Gasteiger partial charge in [-0.2, -0.15) is 0 Å². The van der Waals surface area contributed by atoms with E-state index in [9.17, 15) is 14.4 Å². The Bertz CT molecular complexity index is 977. The quantitative estimate of drug-likeness (QED) is 0.518. The first-order valence-corrected chi connectivity index (χ1v) is 9.48. The number of thiocarbonyl (C=S) groups is 1. The zero-order valence-electron chi connectivity index (χ0n) is 14.5. The number of carboxylic acid groups (broad SMARTS) is 2. The second-order valence-electron chi connectivity index (χ2n) is 5.92. The number of benzene rings is 1. The summed E-state index contributed by atoms with van der Waals surface area (Å²) in [4.78, 5) is 35.8. The lowest BCUT2D eigenvalue weighted by atomic mass is 10.1. The fourth-order valence-electron chi connectivity index (χ4n) is 2.57. The second-order valence-corrected chi connectivity index (χ2v) is 7.59. The average molecular weight is 417 g/mol. The van der Waals surface area contributed by atoms with E-state index in [1.54, 1.807) is 30.3 Å². The number of aliphatic carboxylic acids is 1. The molecular formula is C19H15NO6S2. The lowest BCUT2D eigenvalue weighted by molar-refractivity contribution is -0.137. The summed E-state index contributed by atoms with van der Waals surface area (Å²) in [5.41, 5.74) is 0.896. The van der Waals surface area contributed by atoms with Gasteiger partial charge in [-0.05, 0) is 30.7 Å². The van der Waals surface area contributed by atoms with Gasteiger partial charge in [-0.3, -0.25) is 14.5 Å². The van der Waals surface area contributed by atoms with Crippen LogP contribution in [0.3, 0.4) is 0 Å². The summed E-state index contributed by atoms with van der Waals surface area (Å²) >= 11 is 6.35. The number of aromatic carboxylic acids is 1. The van der Waals surface area contributed by atoms with Crippen LogP contribution in [-0.4, -0.2) is 43.8 Å². The van der Waals surface area contributed by atoms with E-state index in [0.29, 0.717) is 32.7 Å². The molecule has 1 saturated heterocycles. The minimum absolute atomic E-state index is 0.0294. The van der Waals surface area contributed by atoms with Crippen molar-refractivity contribution in [2.75, 3.05) is 6.54 Å². The van der Waals surface area contributed by atoms with E-state index in [1.807, 2.05) is 0 Å². The van der Waals surface area contributed by atoms with Crippen LogP contribution in [0.5, 0.6) is 0 Å². The predicted molar refractivity (Wildman–Crippen MR) is 108 cm³/mol. The van der Waals surface area contributed by atoms with Gasteiger partial charge in [0.15, 0.2) is 0 Å². The van der Waals surface area contributed by atoms with Gasteiger partial charge >= 0.3 is 11.9 Å². The minimum atomic E-state index is -1.00. The van der Waals surface area contributed by atoms with Crippen LogP contribution in [0, 0.1) is 0 Å². The van der Waals surface area contributed by atoms with Crippen molar-refractivity contribution in [2.24, 2.45) is 0 Å². The molecule has 0 saturated carbocycles. The second kappa shape index (κ2) is 8.41. The van der Waals surface area contributed by atoms with E-state index in [2.05, 4.69) is 0 Å². The lowest BCUT2D eigenvalue weighted by Gasteiger charge is -2.13. The molecule has 3 rings (SSSR count). The topological polar surface area (TPSA) is 108 Å². The molecule has 1 amide bonds. The minimum Gasteiger partial charge on any atom is -0.481 e. The lowest BCUT2D eigenvalue weighted by Crippen LogP contribution is -2.29. The first kappa shape index (κ1) is 19.8. The molecule has 9 heteroatoms. The molecule has 0 radical (unpaired) electrons. The van der Waals surface area contributed by atoms with Gasteiger partial charge in [-0.25, -0.2) is 4.79 Å². The molecule has 0 bridgehead atoms. The third kappa shape index (κ3) is 4.49. The van der Waals surface area contributed by atoms with Crippen molar-refractivity contribution < 1.29 is 29.0 Å². The molecule has 28 heavy (non-hydrogen) atoms. The number of hydrogen-bond acceptors (Lipinski definition) is 6. The van der Waals surface area contributed by atoms with E-state index >= 15 is 0 Å². The molecule has 1 fully saturated rings. The molecule has 0 atom stereocenters. The summed E-state index contributed by atoms with van der Waals surface area (Å²) in [6.07, 6.45) is 1.89. The predicted octanol–water partition coefficient (Wildman–Crippen LogP) is 3.71. The van der Waals surface area contributed by atoms with Crippen LogP contribution in [0.25, 0.3) is 17.4 Å². The Kier molecular flexibility index (Phi) is 5.96. The highest BCUT2D eigenvalue weighted by Gasteiger charge is 2.31. The van der Waals surface area contributed by atoms with E-state index in [0.717, 1.165) is 11.8 Å². The molecule has 0 aliphatic carbocycles. The van der Waals surface area contributed by atoms with Gasteiger partial charge in [-0.1, -0.05) is 36.1 Å². The third-order valence-corrected chi connectivity index (χ3v) is 5.34. The maximum absolute atomic E-state index is 12.5. The monoisotopic (exact) mass is 417 g/mol. The maximum atomic E-state index is 12.5. The van der Waals surface area contributed by atoms with Crippen molar-refractivity contribution in [1.29, 1.82) is 0 Å². The van der Waals surface area contributed by atoms with E-state index in [4.69, 9.17) is 26.8 Å². The Morgan fingerprint density at radius 3 is 2.50 bits per heavy atom. The van der Waals surface area contributed by atoms with E-state index < -0.39 is 11.9 Å². The SMILES string of the molecule is O=C(O)CCCN1C(=O)/C(=C/c2ccc(-c3ccc(C(=O)O)cc3)o2)SC1=S. The highest BCUT2D eigenvalue weighted by Crippen LogP contribution is 2.33. The molecule has 0 spiro atoms. The zero-order valence-corrected chi connectivity index (χ0v) is 16.1. The largest absolute Gasteiger partial charge is 0.481 e. The number of carboxylic acids is 2. The summed E-state index contributed by atoms with van der Waals surface area (Å²) in [5.74, 6) is -1.19. The molecule has 1 aliphatic rings. The van der Waals surface area contributed by atoms with Crippen LogP contribution in [0.4, 0.5) is 0 Å². The molecule has 2 N–H and O–H groups in total. The van der Waals surface area contributed by atoms with Crippen molar-refractivity contribution in [3.05, 3.63) is 52.6 Å². The van der Waals surface area contributed by atoms with Gasteiger partial charge in [0.1, 0.15) is 15.8 Å². The number of furan rings is 1. The van der Waals surface area contributed by atoms with Crippen LogP contribution >= 0.6 is 24.0 Å². The van der Waals surface area contributed by atoms with Crippen molar-refractivity contribution in [3.63, 3.8) is 0 Å². The molecule has 1 aromatic heterocycles. The fraction of sp³-hybridized carbons (Fsp3) is 0.158. The van der Waals surface area contributed by atoms with Gasteiger partial charge in [-0.15, -0.1) is 0 Å². The zero-order chi connectivity index (χ0) is 20.3. The number of carbonyl (C=O) groups excluding carboxylic acids is 1. The molecule has 7 nitrogen and oxygen atoms in total. The first-order valence-electron chi connectivity index (χ1n) is 8.26. The number of rotatable bonds is 7. The Labute approximate surface area is 169 Å². The summed E-state index contributed by atoms with van der Waals surface area (Å²) in [5, 5.41) is 17.7. The van der Waals surface area contributed by atoms with Gasteiger partial charge in [0, 0.05) is 24.6 Å². The molecule has 0 unspecified atom stereocenters. The Hall–Kier alpha value is -2.91. The summed E-state index contributed by atoms with van der Waals surface area (Å²) in [6, 6.07) is 9.71. The standard InChI is InChI=1S/C19H15NO6S2/c21-16(22)2-1-9-20-17(23)15(28-19(20)27)10-13-7-8-14(26-13)11-3-5-12(6-4-11)18(24)25/h3-8,10H,1-2,9H2,(H,21,22)(H,24,25)/b15-10-. The molecule has 144 valence electrons. The molecule has 1 aliphatic heterocycles. The highest BCUT2D eigenvalue weighted by molar-refractivity contribution is 8.26. The van der Waals surface area contributed by atoms with Crippen molar-refractivity contribution in [1.82, 2.24) is 4.90 Å². The molecule has 1 aromatic carbocycles. The number of nitrogens with zero attached hydrogens (tertiary/aromatic N) is 1. The third-order valence-electron chi connectivity index (χ3n) is 3.96. The van der Waals surface area contributed by atoms with Crippen molar-refractivity contribution in [3.8, 4) is 11.3 Å². The number of thioether (sulfide) groups is 1. The molecular weight excluding hydrogens is 402 g/mol. The normalized spacial score (nSPS) is 15.4. The van der Waals surface area contributed by atoms with Crippen LogP contribution in [0.15, 0.2) is 45.7 Å². The highest BCUT2D eigenvalue weighted by atomic mass is 32.2. The Morgan fingerprint density at radius 2 is 1.86 bits per heavy atom. The number of amides is 1. The van der Waals surface area contributed by atoms with Gasteiger partial charge < -0.3 is 14.6 Å². The Morgan fingerprint density at radius 1 is 1.14 bits per heavy atom. The van der Waals surface area contributed by atoms with Crippen LogP contribution in [0.1, 0.15) is 29.0 Å². The van der Waals surface area contributed by atoms with Gasteiger partial charge in [0.05, 0.1) is 10.5 Å². The van der Waals surface area contributed by atoms with Crippen LogP contribution in [-0.2, 0) is 9.59 Å². The van der Waals surface area contributed by atoms with Crippen molar-refractivity contribution >= 4 is 52.2 Å². The van der Waals surface area contributed by atoms with E-state index in [-0.39, 0.29) is 24.4 Å². The Balaban J connectivity index is 1.72. The van der Waals surface area contributed by atoms with Crippen molar-refractivity contribution in [2.45, 2.75) is 12.8 Å². The summed E-state index contributed by atoms with van der Waals surface area (Å²) < 4.78 is 6.12. The molecule has 2 aromatic rings. The maximum Gasteiger partial charge on any atom is 0.335 e. The summed E-state index contributed by atoms with van der Waals surface area (Å²) in [7, 11) is 0. The number of carbonyl (C=O) groups is 3.